The second-order valence-electron chi connectivity index (χ2n) is 10.1. The number of benzene rings is 2. The lowest BCUT2D eigenvalue weighted by atomic mass is 9.87. The van der Waals surface area contributed by atoms with E-state index in [1.165, 1.54) is 42.5 Å². The summed E-state index contributed by atoms with van der Waals surface area (Å²) in [6.45, 7) is 6.47. The van der Waals surface area contributed by atoms with Crippen LogP contribution in [0.1, 0.15) is 67.2 Å². The molecule has 2 aromatic rings. The minimum Gasteiger partial charge on any atom is -0.340 e. The number of halogens is 3. The number of carbonyl (C=O) groups is 1. The predicted molar refractivity (Wildman–Crippen MR) is 128 cm³/mol. The van der Waals surface area contributed by atoms with Crippen LogP contribution in [0.5, 0.6) is 0 Å². The summed E-state index contributed by atoms with van der Waals surface area (Å²) in [4.78, 5) is 17.0. The fourth-order valence-corrected chi connectivity index (χ4v) is 5.75. The van der Waals surface area contributed by atoms with Crippen LogP contribution in [0.15, 0.2) is 48.5 Å². The quantitative estimate of drug-likeness (QED) is 0.485. The van der Waals surface area contributed by atoms with Gasteiger partial charge in [-0.2, -0.15) is 13.2 Å². The van der Waals surface area contributed by atoms with Gasteiger partial charge in [-0.15, -0.1) is 0 Å². The van der Waals surface area contributed by atoms with Crippen LogP contribution in [0.4, 0.5) is 13.2 Å². The van der Waals surface area contributed by atoms with E-state index in [4.69, 9.17) is 0 Å². The van der Waals surface area contributed by atoms with Crippen LogP contribution in [-0.2, 0) is 17.5 Å². The molecule has 1 saturated carbocycles. The highest BCUT2D eigenvalue weighted by Crippen LogP contribution is 2.36. The van der Waals surface area contributed by atoms with E-state index in [2.05, 4.69) is 41.0 Å². The monoisotopic (exact) mass is 472 g/mol. The summed E-state index contributed by atoms with van der Waals surface area (Å²) >= 11 is 0. The summed E-state index contributed by atoms with van der Waals surface area (Å²) in [6, 6.07) is 14.5. The molecule has 34 heavy (non-hydrogen) atoms. The predicted octanol–water partition coefficient (Wildman–Crippen LogP) is 6.41. The molecule has 2 unspecified atom stereocenters. The average Bonchev–Trinajstić information content (AvgIpc) is 3.20. The first-order valence-corrected chi connectivity index (χ1v) is 12.4. The van der Waals surface area contributed by atoms with Gasteiger partial charge in [-0.3, -0.25) is 9.69 Å². The molecular formula is C28H35F3N2O. The standard InChI is InChI=1S/C28H35F3N2O/c1-20-11-13-23(14-12-20)27-19-32(16-22-7-6-8-25(15-22)28(29,30)31)17-24(27)18-33(21(2)34)26-9-4-3-5-10-26/h6-8,11-15,24,26-27H,3-5,9-10,16-19H2,1-2H3. The van der Waals surface area contributed by atoms with Gasteiger partial charge in [0.2, 0.25) is 5.91 Å². The summed E-state index contributed by atoms with van der Waals surface area (Å²) in [5.41, 5.74) is 2.52. The van der Waals surface area contributed by atoms with Crippen molar-refractivity contribution < 1.29 is 18.0 Å². The van der Waals surface area contributed by atoms with Crippen LogP contribution in [0.3, 0.4) is 0 Å². The lowest BCUT2D eigenvalue weighted by Gasteiger charge is -2.36. The first-order chi connectivity index (χ1) is 16.2. The van der Waals surface area contributed by atoms with Gasteiger partial charge in [0.25, 0.3) is 0 Å². The zero-order chi connectivity index (χ0) is 24.3. The average molecular weight is 473 g/mol. The van der Waals surface area contributed by atoms with Crippen molar-refractivity contribution in [3.63, 3.8) is 0 Å². The Morgan fingerprint density at radius 2 is 1.74 bits per heavy atom. The highest BCUT2D eigenvalue weighted by Gasteiger charge is 2.37. The molecule has 1 saturated heterocycles. The van der Waals surface area contributed by atoms with Crippen LogP contribution >= 0.6 is 0 Å². The van der Waals surface area contributed by atoms with Gasteiger partial charge < -0.3 is 4.90 Å². The molecule has 0 bridgehead atoms. The zero-order valence-electron chi connectivity index (χ0n) is 20.2. The third kappa shape index (κ3) is 6.01. The molecular weight excluding hydrogens is 437 g/mol. The summed E-state index contributed by atoms with van der Waals surface area (Å²) in [5, 5.41) is 0. The second kappa shape index (κ2) is 10.5. The lowest BCUT2D eigenvalue weighted by molar-refractivity contribution is -0.137. The van der Waals surface area contributed by atoms with E-state index >= 15 is 0 Å². The van der Waals surface area contributed by atoms with Crippen molar-refractivity contribution in [3.05, 3.63) is 70.8 Å². The number of amides is 1. The van der Waals surface area contributed by atoms with Gasteiger partial charge in [-0.05, 0) is 42.9 Å². The fraction of sp³-hybridized carbons (Fsp3) is 0.536. The lowest BCUT2D eigenvalue weighted by Crippen LogP contribution is -2.44. The van der Waals surface area contributed by atoms with Crippen molar-refractivity contribution in [3.8, 4) is 0 Å². The number of hydrogen-bond donors (Lipinski definition) is 0. The molecule has 2 fully saturated rings. The Labute approximate surface area is 200 Å². The molecule has 3 nitrogen and oxygen atoms in total. The van der Waals surface area contributed by atoms with Crippen LogP contribution in [0.2, 0.25) is 0 Å². The van der Waals surface area contributed by atoms with Crippen molar-refractivity contribution in [1.82, 2.24) is 9.80 Å². The number of carbonyl (C=O) groups excluding carboxylic acids is 1. The van der Waals surface area contributed by atoms with Gasteiger partial charge >= 0.3 is 6.18 Å². The van der Waals surface area contributed by atoms with E-state index in [1.54, 1.807) is 13.0 Å². The summed E-state index contributed by atoms with van der Waals surface area (Å²) in [7, 11) is 0. The van der Waals surface area contributed by atoms with Crippen LogP contribution in [0.25, 0.3) is 0 Å². The zero-order valence-corrected chi connectivity index (χ0v) is 20.2. The Morgan fingerprint density at radius 3 is 2.38 bits per heavy atom. The number of aryl methyl sites for hydroxylation is 1. The Bertz CT molecular complexity index is 966. The molecule has 2 aliphatic rings. The molecule has 0 spiro atoms. The molecule has 1 heterocycles. The highest BCUT2D eigenvalue weighted by molar-refractivity contribution is 5.73. The van der Waals surface area contributed by atoms with Gasteiger partial charge in [-0.1, -0.05) is 67.3 Å². The summed E-state index contributed by atoms with van der Waals surface area (Å²) in [5.74, 6) is 0.627. The highest BCUT2D eigenvalue weighted by atomic mass is 19.4. The van der Waals surface area contributed by atoms with Crippen molar-refractivity contribution in [1.29, 1.82) is 0 Å². The normalized spacial score (nSPS) is 22.1. The van der Waals surface area contributed by atoms with E-state index in [0.29, 0.717) is 24.7 Å². The number of rotatable bonds is 6. The Kier molecular flexibility index (Phi) is 7.66. The van der Waals surface area contributed by atoms with Crippen molar-refractivity contribution in [2.75, 3.05) is 19.6 Å². The Morgan fingerprint density at radius 1 is 1.03 bits per heavy atom. The number of likely N-dealkylation sites (tertiary alicyclic amines) is 1. The molecule has 4 rings (SSSR count). The molecule has 184 valence electrons. The number of alkyl halides is 3. The molecule has 0 radical (unpaired) electrons. The summed E-state index contributed by atoms with van der Waals surface area (Å²) in [6.07, 6.45) is 1.37. The second-order valence-corrected chi connectivity index (χ2v) is 10.1. The molecule has 1 aliphatic carbocycles. The number of hydrogen-bond acceptors (Lipinski definition) is 2. The molecule has 1 aliphatic heterocycles. The molecule has 6 heteroatoms. The van der Waals surface area contributed by atoms with Crippen LogP contribution in [-0.4, -0.2) is 41.4 Å². The Balaban J connectivity index is 1.54. The smallest absolute Gasteiger partial charge is 0.340 e. The maximum atomic E-state index is 13.2. The molecule has 0 aromatic heterocycles. The Hall–Kier alpha value is -2.34. The van der Waals surface area contributed by atoms with Gasteiger partial charge in [0.15, 0.2) is 0 Å². The van der Waals surface area contributed by atoms with Gasteiger partial charge in [0.1, 0.15) is 0 Å². The van der Waals surface area contributed by atoms with Gasteiger partial charge in [-0.25, -0.2) is 0 Å². The van der Waals surface area contributed by atoms with Crippen molar-refractivity contribution in [2.45, 2.75) is 70.6 Å². The van der Waals surface area contributed by atoms with Crippen LogP contribution in [0, 0.1) is 12.8 Å². The first-order valence-electron chi connectivity index (χ1n) is 12.4. The molecule has 2 aromatic carbocycles. The fourth-order valence-electron chi connectivity index (χ4n) is 5.75. The minimum atomic E-state index is -4.34. The van der Waals surface area contributed by atoms with E-state index in [0.717, 1.165) is 32.0 Å². The maximum absolute atomic E-state index is 13.2. The first kappa shape index (κ1) is 24.8. The van der Waals surface area contributed by atoms with Crippen molar-refractivity contribution >= 4 is 5.91 Å². The summed E-state index contributed by atoms with van der Waals surface area (Å²) < 4.78 is 39.6. The van der Waals surface area contributed by atoms with E-state index in [9.17, 15) is 18.0 Å². The van der Waals surface area contributed by atoms with E-state index < -0.39 is 11.7 Å². The largest absolute Gasteiger partial charge is 0.416 e. The third-order valence-electron chi connectivity index (χ3n) is 7.53. The molecule has 0 N–H and O–H groups in total. The van der Waals surface area contributed by atoms with E-state index in [1.807, 2.05) is 0 Å². The third-order valence-corrected chi connectivity index (χ3v) is 7.53. The topological polar surface area (TPSA) is 23.6 Å². The number of nitrogens with zero attached hydrogens (tertiary/aromatic N) is 2. The van der Waals surface area contributed by atoms with Gasteiger partial charge in [0.05, 0.1) is 5.56 Å². The van der Waals surface area contributed by atoms with Crippen molar-refractivity contribution in [2.24, 2.45) is 5.92 Å². The molecule has 2 atom stereocenters. The van der Waals surface area contributed by atoms with E-state index in [-0.39, 0.29) is 17.7 Å². The minimum absolute atomic E-state index is 0.130. The SMILES string of the molecule is CC(=O)N(CC1CN(Cc2cccc(C(F)(F)F)c2)CC1c1ccc(C)cc1)C1CCCCC1. The maximum Gasteiger partial charge on any atom is 0.416 e. The van der Waals surface area contributed by atoms with Crippen LogP contribution < -0.4 is 0 Å². The van der Waals surface area contributed by atoms with Gasteiger partial charge in [0, 0.05) is 45.1 Å². The molecule has 1 amide bonds.